The van der Waals surface area contributed by atoms with Gasteiger partial charge in [0.25, 0.3) is 0 Å². The van der Waals surface area contributed by atoms with Gasteiger partial charge in [0.15, 0.2) is 0 Å². The van der Waals surface area contributed by atoms with Gasteiger partial charge in [-0.05, 0) is 48.9 Å². The third kappa shape index (κ3) is 5.41. The second kappa shape index (κ2) is 10.1. The van der Waals surface area contributed by atoms with Gasteiger partial charge in [0.2, 0.25) is 0 Å². The molecule has 0 amide bonds. The van der Waals surface area contributed by atoms with Crippen LogP contribution < -0.4 is 18.9 Å². The molecular formula is C27H31NO5. The summed E-state index contributed by atoms with van der Waals surface area (Å²) in [5.74, 6) is 3.17. The Bertz CT molecular complexity index is 1050. The van der Waals surface area contributed by atoms with Crippen molar-refractivity contribution in [3.8, 4) is 23.0 Å². The molecule has 1 aliphatic heterocycles. The molecule has 0 radical (unpaired) electrons. The van der Waals surface area contributed by atoms with Crippen LogP contribution in [0.4, 0.5) is 0 Å². The number of fused-ring (bicyclic) bond motifs is 1. The molecule has 3 aromatic rings. The number of hydrogen-bond donors (Lipinski definition) is 1. The van der Waals surface area contributed by atoms with E-state index in [9.17, 15) is 5.11 Å². The van der Waals surface area contributed by atoms with Gasteiger partial charge in [-0.15, -0.1) is 0 Å². The van der Waals surface area contributed by atoms with E-state index in [2.05, 4.69) is 4.90 Å². The zero-order chi connectivity index (χ0) is 23.3. The molecule has 1 atom stereocenters. The van der Waals surface area contributed by atoms with E-state index in [0.29, 0.717) is 19.7 Å². The largest absolute Gasteiger partial charge is 0.496 e. The third-order valence-corrected chi connectivity index (χ3v) is 5.92. The van der Waals surface area contributed by atoms with Crippen LogP contribution in [0.15, 0.2) is 66.7 Å². The molecule has 3 aromatic carbocycles. The standard InChI is InChI=1S/C27H31NO5/c1-27(29,19-33-22-8-5-4-6-9-22)21-12-13-24-20(16-21)17-28(14-15-32-24)18-23-25(30-2)10-7-11-26(23)31-3/h4-13,16,29H,14-15,17-19H2,1-3H3. The van der Waals surface area contributed by atoms with Gasteiger partial charge >= 0.3 is 0 Å². The fourth-order valence-corrected chi connectivity index (χ4v) is 4.05. The van der Waals surface area contributed by atoms with E-state index in [0.717, 1.165) is 46.2 Å². The van der Waals surface area contributed by atoms with E-state index >= 15 is 0 Å². The Morgan fingerprint density at radius 3 is 2.39 bits per heavy atom. The van der Waals surface area contributed by atoms with Crippen LogP contribution in [-0.4, -0.2) is 44.0 Å². The first-order chi connectivity index (χ1) is 16.0. The van der Waals surface area contributed by atoms with Gasteiger partial charge in [0, 0.05) is 25.2 Å². The number of hydrogen-bond acceptors (Lipinski definition) is 6. The molecule has 1 N–H and O–H groups in total. The Labute approximate surface area is 195 Å². The van der Waals surface area contributed by atoms with E-state index in [1.807, 2.05) is 66.7 Å². The van der Waals surface area contributed by atoms with Crippen LogP contribution in [0, 0.1) is 0 Å². The Balaban J connectivity index is 1.53. The summed E-state index contributed by atoms with van der Waals surface area (Å²) in [5, 5.41) is 11.1. The second-order valence-corrected chi connectivity index (χ2v) is 8.40. The van der Waals surface area contributed by atoms with E-state index in [1.54, 1.807) is 21.1 Å². The van der Waals surface area contributed by atoms with Crippen molar-refractivity contribution in [2.45, 2.75) is 25.6 Å². The smallest absolute Gasteiger partial charge is 0.127 e. The summed E-state index contributed by atoms with van der Waals surface area (Å²) in [6, 6.07) is 21.2. The highest BCUT2D eigenvalue weighted by molar-refractivity contribution is 5.45. The Morgan fingerprint density at radius 1 is 0.970 bits per heavy atom. The maximum absolute atomic E-state index is 11.1. The molecule has 1 heterocycles. The molecule has 0 spiro atoms. The zero-order valence-electron chi connectivity index (χ0n) is 19.4. The first-order valence-electron chi connectivity index (χ1n) is 11.1. The fraction of sp³-hybridized carbons (Fsp3) is 0.333. The summed E-state index contributed by atoms with van der Waals surface area (Å²) in [7, 11) is 3.34. The van der Waals surface area contributed by atoms with Crippen molar-refractivity contribution in [1.82, 2.24) is 4.90 Å². The van der Waals surface area contributed by atoms with Crippen LogP contribution in [0.2, 0.25) is 0 Å². The quantitative estimate of drug-likeness (QED) is 0.551. The van der Waals surface area contributed by atoms with Crippen LogP contribution in [0.25, 0.3) is 0 Å². The second-order valence-electron chi connectivity index (χ2n) is 8.40. The highest BCUT2D eigenvalue weighted by Crippen LogP contribution is 2.33. The van der Waals surface area contributed by atoms with E-state index < -0.39 is 5.60 Å². The van der Waals surface area contributed by atoms with Gasteiger partial charge in [-0.1, -0.05) is 30.3 Å². The van der Waals surface area contributed by atoms with Crippen molar-refractivity contribution in [2.24, 2.45) is 0 Å². The van der Waals surface area contributed by atoms with Crippen LogP contribution in [0.3, 0.4) is 0 Å². The molecule has 0 aromatic heterocycles. The van der Waals surface area contributed by atoms with Crippen LogP contribution in [0.1, 0.15) is 23.6 Å². The first kappa shape index (κ1) is 23.0. The number of benzene rings is 3. The molecule has 0 aliphatic carbocycles. The molecule has 33 heavy (non-hydrogen) atoms. The predicted octanol–water partition coefficient (Wildman–Crippen LogP) is 4.38. The molecule has 0 saturated heterocycles. The molecule has 4 rings (SSSR count). The van der Waals surface area contributed by atoms with Gasteiger partial charge in [-0.2, -0.15) is 0 Å². The maximum atomic E-state index is 11.1. The summed E-state index contributed by atoms with van der Waals surface area (Å²) in [4.78, 5) is 2.30. The molecule has 0 saturated carbocycles. The lowest BCUT2D eigenvalue weighted by Gasteiger charge is -2.26. The highest BCUT2D eigenvalue weighted by atomic mass is 16.5. The van der Waals surface area contributed by atoms with Gasteiger partial charge < -0.3 is 24.1 Å². The lowest BCUT2D eigenvalue weighted by Crippen LogP contribution is -2.30. The Hall–Kier alpha value is -3.22. The third-order valence-electron chi connectivity index (χ3n) is 5.92. The SMILES string of the molecule is COc1cccc(OC)c1CN1CCOc2ccc(C(C)(O)COc3ccccc3)cc2C1. The summed E-state index contributed by atoms with van der Waals surface area (Å²) in [6.45, 7) is 4.61. The van der Waals surface area contributed by atoms with Gasteiger partial charge in [-0.25, -0.2) is 0 Å². The van der Waals surface area contributed by atoms with Crippen molar-refractivity contribution in [1.29, 1.82) is 0 Å². The number of nitrogens with zero attached hydrogens (tertiary/aromatic N) is 1. The number of rotatable bonds is 8. The molecule has 1 aliphatic rings. The Kier molecular flexibility index (Phi) is 7.06. The molecular weight excluding hydrogens is 418 g/mol. The van der Waals surface area contributed by atoms with Gasteiger partial charge in [0.1, 0.15) is 41.8 Å². The van der Waals surface area contributed by atoms with Crippen LogP contribution >= 0.6 is 0 Å². The van der Waals surface area contributed by atoms with Crippen LogP contribution in [0.5, 0.6) is 23.0 Å². The molecule has 1 unspecified atom stereocenters. The summed E-state index contributed by atoms with van der Waals surface area (Å²) >= 11 is 0. The summed E-state index contributed by atoms with van der Waals surface area (Å²) < 4.78 is 23.0. The molecule has 6 nitrogen and oxygen atoms in total. The topological polar surface area (TPSA) is 60.4 Å². The molecule has 0 fully saturated rings. The minimum absolute atomic E-state index is 0.152. The Morgan fingerprint density at radius 2 is 1.70 bits per heavy atom. The highest BCUT2D eigenvalue weighted by Gasteiger charge is 2.27. The van der Waals surface area contributed by atoms with Crippen LogP contribution in [-0.2, 0) is 18.7 Å². The maximum Gasteiger partial charge on any atom is 0.127 e. The number of aliphatic hydroxyl groups is 1. The van der Waals surface area contributed by atoms with E-state index in [-0.39, 0.29) is 6.61 Å². The summed E-state index contributed by atoms with van der Waals surface area (Å²) in [6.07, 6.45) is 0. The predicted molar refractivity (Wildman–Crippen MR) is 127 cm³/mol. The molecule has 6 heteroatoms. The van der Waals surface area contributed by atoms with Crippen molar-refractivity contribution in [3.05, 3.63) is 83.4 Å². The monoisotopic (exact) mass is 449 g/mol. The van der Waals surface area contributed by atoms with Gasteiger partial charge in [0.05, 0.1) is 19.8 Å². The first-order valence-corrected chi connectivity index (χ1v) is 11.1. The number of ether oxygens (including phenoxy) is 4. The number of methoxy groups -OCH3 is 2. The lowest BCUT2D eigenvalue weighted by atomic mass is 9.94. The number of para-hydroxylation sites is 1. The van der Waals surface area contributed by atoms with E-state index in [1.165, 1.54) is 0 Å². The van der Waals surface area contributed by atoms with Crippen molar-refractivity contribution >= 4 is 0 Å². The minimum Gasteiger partial charge on any atom is -0.496 e. The molecule has 174 valence electrons. The zero-order valence-corrected chi connectivity index (χ0v) is 19.4. The minimum atomic E-state index is -1.14. The fourth-order valence-electron chi connectivity index (χ4n) is 4.05. The van der Waals surface area contributed by atoms with Crippen molar-refractivity contribution in [2.75, 3.05) is 34.0 Å². The normalized spacial score (nSPS) is 15.5. The lowest BCUT2D eigenvalue weighted by molar-refractivity contribution is 0.00748. The summed E-state index contributed by atoms with van der Waals surface area (Å²) in [5.41, 5.74) is 1.68. The molecule has 0 bridgehead atoms. The van der Waals surface area contributed by atoms with Crippen molar-refractivity contribution in [3.63, 3.8) is 0 Å². The average Bonchev–Trinajstić information content (AvgIpc) is 3.04. The average molecular weight is 450 g/mol. The van der Waals surface area contributed by atoms with E-state index in [4.69, 9.17) is 18.9 Å². The van der Waals surface area contributed by atoms with Crippen molar-refractivity contribution < 1.29 is 24.1 Å². The van der Waals surface area contributed by atoms with Gasteiger partial charge in [-0.3, -0.25) is 4.90 Å².